The SMILES string of the molecule is CN(C)c1cccc(C(=O)Nc2ccc3ccccc3c2)n1. The molecule has 2 aromatic carbocycles. The summed E-state index contributed by atoms with van der Waals surface area (Å²) in [5, 5.41) is 5.14. The summed E-state index contributed by atoms with van der Waals surface area (Å²) < 4.78 is 0. The maximum absolute atomic E-state index is 12.3. The maximum Gasteiger partial charge on any atom is 0.274 e. The van der Waals surface area contributed by atoms with Crippen LogP contribution in [0.5, 0.6) is 0 Å². The molecule has 0 aliphatic rings. The molecule has 1 N–H and O–H groups in total. The van der Waals surface area contributed by atoms with Gasteiger partial charge in [0.15, 0.2) is 0 Å². The van der Waals surface area contributed by atoms with Crippen molar-refractivity contribution in [1.82, 2.24) is 4.98 Å². The predicted octanol–water partition coefficient (Wildman–Crippen LogP) is 3.55. The van der Waals surface area contributed by atoms with Crippen molar-refractivity contribution in [2.24, 2.45) is 0 Å². The van der Waals surface area contributed by atoms with Crippen LogP contribution in [0.3, 0.4) is 0 Å². The fraction of sp³-hybridized carbons (Fsp3) is 0.111. The molecule has 0 radical (unpaired) electrons. The second kappa shape index (κ2) is 5.85. The Kier molecular flexibility index (Phi) is 3.74. The van der Waals surface area contributed by atoms with Gasteiger partial charge in [-0.15, -0.1) is 0 Å². The van der Waals surface area contributed by atoms with Crippen LogP contribution in [-0.4, -0.2) is 25.0 Å². The Balaban J connectivity index is 1.84. The second-order valence-electron chi connectivity index (χ2n) is 5.29. The first kappa shape index (κ1) is 14.1. The van der Waals surface area contributed by atoms with Gasteiger partial charge >= 0.3 is 0 Å². The molecular formula is C18H17N3O. The Bertz CT molecular complexity index is 827. The number of hydrogen-bond acceptors (Lipinski definition) is 3. The number of amides is 1. The lowest BCUT2D eigenvalue weighted by atomic mass is 10.1. The normalized spacial score (nSPS) is 10.5. The van der Waals surface area contributed by atoms with Crippen molar-refractivity contribution in [2.75, 3.05) is 24.3 Å². The molecule has 0 spiro atoms. The topological polar surface area (TPSA) is 45.2 Å². The quantitative estimate of drug-likeness (QED) is 0.802. The molecule has 4 heteroatoms. The number of aromatic nitrogens is 1. The molecule has 0 aliphatic heterocycles. The third-order valence-electron chi connectivity index (χ3n) is 3.43. The molecule has 0 unspecified atom stereocenters. The minimum Gasteiger partial charge on any atom is -0.363 e. The second-order valence-corrected chi connectivity index (χ2v) is 5.29. The third-order valence-corrected chi connectivity index (χ3v) is 3.43. The van der Waals surface area contributed by atoms with E-state index in [1.165, 1.54) is 0 Å². The maximum atomic E-state index is 12.3. The van der Waals surface area contributed by atoms with Crippen LogP contribution in [0.25, 0.3) is 10.8 Å². The van der Waals surface area contributed by atoms with Crippen molar-refractivity contribution in [3.8, 4) is 0 Å². The summed E-state index contributed by atoms with van der Waals surface area (Å²) in [5.74, 6) is 0.546. The molecular weight excluding hydrogens is 274 g/mol. The first-order valence-electron chi connectivity index (χ1n) is 7.08. The van der Waals surface area contributed by atoms with Gasteiger partial charge in [0.1, 0.15) is 11.5 Å². The molecule has 1 heterocycles. The van der Waals surface area contributed by atoms with Gasteiger partial charge in [-0.3, -0.25) is 4.79 Å². The van der Waals surface area contributed by atoms with E-state index < -0.39 is 0 Å². The van der Waals surface area contributed by atoms with Crippen LogP contribution < -0.4 is 10.2 Å². The van der Waals surface area contributed by atoms with Crippen LogP contribution in [0, 0.1) is 0 Å². The van der Waals surface area contributed by atoms with Gasteiger partial charge in [0.2, 0.25) is 0 Å². The summed E-state index contributed by atoms with van der Waals surface area (Å²) in [6, 6.07) is 19.3. The zero-order valence-corrected chi connectivity index (χ0v) is 12.6. The number of benzene rings is 2. The number of nitrogens with zero attached hydrogens (tertiary/aromatic N) is 2. The summed E-state index contributed by atoms with van der Waals surface area (Å²) in [4.78, 5) is 18.5. The van der Waals surface area contributed by atoms with E-state index in [-0.39, 0.29) is 5.91 Å². The summed E-state index contributed by atoms with van der Waals surface area (Å²) >= 11 is 0. The van der Waals surface area contributed by atoms with Gasteiger partial charge in [0.25, 0.3) is 5.91 Å². The highest BCUT2D eigenvalue weighted by atomic mass is 16.1. The Labute approximate surface area is 129 Å². The van der Waals surface area contributed by atoms with E-state index in [1.807, 2.05) is 73.6 Å². The molecule has 0 fully saturated rings. The van der Waals surface area contributed by atoms with Gasteiger partial charge in [-0.1, -0.05) is 36.4 Å². The van der Waals surface area contributed by atoms with Crippen molar-refractivity contribution >= 4 is 28.2 Å². The molecule has 0 bridgehead atoms. The van der Waals surface area contributed by atoms with Gasteiger partial charge in [0.05, 0.1) is 0 Å². The van der Waals surface area contributed by atoms with Crippen molar-refractivity contribution < 1.29 is 4.79 Å². The molecule has 3 rings (SSSR count). The Hall–Kier alpha value is -2.88. The lowest BCUT2D eigenvalue weighted by Crippen LogP contribution is -2.17. The van der Waals surface area contributed by atoms with E-state index >= 15 is 0 Å². The van der Waals surface area contributed by atoms with Gasteiger partial charge in [-0.2, -0.15) is 0 Å². The van der Waals surface area contributed by atoms with Gasteiger partial charge in [-0.05, 0) is 35.0 Å². The number of carbonyl (C=O) groups excluding carboxylic acids is 1. The van der Waals surface area contributed by atoms with Crippen LogP contribution in [0.15, 0.2) is 60.7 Å². The highest BCUT2D eigenvalue weighted by Gasteiger charge is 2.09. The first-order valence-corrected chi connectivity index (χ1v) is 7.08. The van der Waals surface area contributed by atoms with Crippen molar-refractivity contribution in [2.45, 2.75) is 0 Å². The van der Waals surface area contributed by atoms with Crippen molar-refractivity contribution in [3.05, 3.63) is 66.4 Å². The van der Waals surface area contributed by atoms with Crippen LogP contribution >= 0.6 is 0 Å². The summed E-state index contributed by atoms with van der Waals surface area (Å²) in [6.45, 7) is 0. The Morgan fingerprint density at radius 1 is 0.955 bits per heavy atom. The molecule has 0 saturated carbocycles. The lowest BCUT2D eigenvalue weighted by molar-refractivity contribution is 0.102. The number of hydrogen-bond donors (Lipinski definition) is 1. The number of nitrogens with one attached hydrogen (secondary N) is 1. The smallest absolute Gasteiger partial charge is 0.274 e. The number of anilines is 2. The minimum absolute atomic E-state index is 0.209. The molecule has 0 atom stereocenters. The zero-order valence-electron chi connectivity index (χ0n) is 12.6. The first-order chi connectivity index (χ1) is 10.6. The van der Waals surface area contributed by atoms with E-state index in [1.54, 1.807) is 6.07 Å². The van der Waals surface area contributed by atoms with Crippen molar-refractivity contribution in [1.29, 1.82) is 0 Å². The number of carbonyl (C=O) groups is 1. The number of pyridine rings is 1. The molecule has 3 aromatic rings. The lowest BCUT2D eigenvalue weighted by Gasteiger charge is -2.12. The average molecular weight is 291 g/mol. The third kappa shape index (κ3) is 2.91. The van der Waals surface area contributed by atoms with E-state index in [4.69, 9.17) is 0 Å². The largest absolute Gasteiger partial charge is 0.363 e. The van der Waals surface area contributed by atoms with Gasteiger partial charge in [0, 0.05) is 19.8 Å². The summed E-state index contributed by atoms with van der Waals surface area (Å²) in [7, 11) is 3.79. The van der Waals surface area contributed by atoms with Crippen LogP contribution in [-0.2, 0) is 0 Å². The minimum atomic E-state index is -0.209. The van der Waals surface area contributed by atoms with Gasteiger partial charge < -0.3 is 10.2 Å². The fourth-order valence-corrected chi connectivity index (χ4v) is 2.26. The number of rotatable bonds is 3. The summed E-state index contributed by atoms with van der Waals surface area (Å²) in [6.07, 6.45) is 0. The molecule has 110 valence electrons. The molecule has 4 nitrogen and oxygen atoms in total. The van der Waals surface area contributed by atoms with Crippen LogP contribution in [0.1, 0.15) is 10.5 Å². The molecule has 1 amide bonds. The van der Waals surface area contributed by atoms with E-state index in [0.717, 1.165) is 22.3 Å². The average Bonchev–Trinajstić information content (AvgIpc) is 2.55. The predicted molar refractivity (Wildman–Crippen MR) is 90.5 cm³/mol. The molecule has 0 saturated heterocycles. The molecule has 1 aromatic heterocycles. The van der Waals surface area contributed by atoms with Crippen LogP contribution in [0.2, 0.25) is 0 Å². The molecule has 22 heavy (non-hydrogen) atoms. The Morgan fingerprint density at radius 3 is 2.50 bits per heavy atom. The van der Waals surface area contributed by atoms with Crippen LogP contribution in [0.4, 0.5) is 11.5 Å². The summed E-state index contributed by atoms with van der Waals surface area (Å²) in [5.41, 5.74) is 1.17. The van der Waals surface area contributed by atoms with Gasteiger partial charge in [-0.25, -0.2) is 4.98 Å². The monoisotopic (exact) mass is 291 g/mol. The Morgan fingerprint density at radius 2 is 1.73 bits per heavy atom. The molecule has 0 aliphatic carbocycles. The van der Waals surface area contributed by atoms with Crippen molar-refractivity contribution in [3.63, 3.8) is 0 Å². The fourth-order valence-electron chi connectivity index (χ4n) is 2.26. The standard InChI is InChI=1S/C18H17N3O/c1-21(2)17-9-5-8-16(20-17)18(22)19-15-11-10-13-6-3-4-7-14(13)12-15/h3-12H,1-2H3,(H,19,22). The highest BCUT2D eigenvalue weighted by molar-refractivity contribution is 6.04. The van der Waals surface area contributed by atoms with E-state index in [9.17, 15) is 4.79 Å². The number of fused-ring (bicyclic) bond motifs is 1. The highest BCUT2D eigenvalue weighted by Crippen LogP contribution is 2.19. The van der Waals surface area contributed by atoms with E-state index in [0.29, 0.717) is 5.69 Å². The zero-order chi connectivity index (χ0) is 15.5. The van der Waals surface area contributed by atoms with E-state index in [2.05, 4.69) is 10.3 Å².